The first-order valence-electron chi connectivity index (χ1n) is 8.20. The molecule has 0 bridgehead atoms. The van der Waals surface area contributed by atoms with Crippen LogP contribution in [0, 0.1) is 0 Å². The van der Waals surface area contributed by atoms with Crippen LogP contribution in [0.4, 0.5) is 0 Å². The van der Waals surface area contributed by atoms with E-state index in [2.05, 4.69) is 10.6 Å². The lowest BCUT2D eigenvalue weighted by Crippen LogP contribution is -2.31. The van der Waals surface area contributed by atoms with Gasteiger partial charge in [0.15, 0.2) is 0 Å². The summed E-state index contributed by atoms with van der Waals surface area (Å²) in [5, 5.41) is 16.3. The summed E-state index contributed by atoms with van der Waals surface area (Å²) in [7, 11) is 0. The van der Waals surface area contributed by atoms with Crippen LogP contribution in [0.1, 0.15) is 18.1 Å². The summed E-state index contributed by atoms with van der Waals surface area (Å²) in [6.07, 6.45) is -0.313. The molecule has 4 nitrogen and oxygen atoms in total. The van der Waals surface area contributed by atoms with Crippen molar-refractivity contribution in [1.82, 2.24) is 10.6 Å². The Hall–Kier alpha value is -1.59. The Balaban J connectivity index is 1.73. The number of nitrogens with one attached hydrogen (secondary N) is 2. The van der Waals surface area contributed by atoms with Crippen molar-refractivity contribution < 1.29 is 9.84 Å². The summed E-state index contributed by atoms with van der Waals surface area (Å²) in [6, 6.07) is 15.9. The average molecular weight is 349 g/mol. The van der Waals surface area contributed by atoms with Crippen molar-refractivity contribution in [2.24, 2.45) is 0 Å². The highest BCUT2D eigenvalue weighted by atomic mass is 35.5. The molecule has 2 rings (SSSR count). The molecule has 0 saturated heterocycles. The summed E-state index contributed by atoms with van der Waals surface area (Å²) >= 11 is 6.30. The molecule has 24 heavy (non-hydrogen) atoms. The number of aliphatic hydroxyl groups excluding tert-OH is 1. The third kappa shape index (κ3) is 6.89. The largest absolute Gasteiger partial charge is 0.487 e. The fraction of sp³-hybridized carbons (Fsp3) is 0.368. The lowest BCUT2D eigenvalue weighted by Gasteiger charge is -2.11. The smallest absolute Gasteiger partial charge is 0.138 e. The standard InChI is InChI=1S/C19H25ClN2O2/c1-15(23)12-21-9-10-22-13-17-7-8-19(18(20)11-17)24-14-16-5-3-2-4-6-16/h2-8,11,15,21-23H,9-10,12-14H2,1H3. The normalized spacial score (nSPS) is 12.1. The Kier molecular flexibility index (Phi) is 8.05. The Morgan fingerprint density at radius 3 is 2.50 bits per heavy atom. The molecule has 0 amide bonds. The van der Waals surface area contributed by atoms with E-state index >= 15 is 0 Å². The number of aliphatic hydroxyl groups is 1. The van der Waals surface area contributed by atoms with E-state index in [-0.39, 0.29) is 6.10 Å². The van der Waals surface area contributed by atoms with Gasteiger partial charge in [0.05, 0.1) is 11.1 Å². The first kappa shape index (κ1) is 18.7. The van der Waals surface area contributed by atoms with Gasteiger partial charge >= 0.3 is 0 Å². The van der Waals surface area contributed by atoms with E-state index < -0.39 is 0 Å². The zero-order valence-corrected chi connectivity index (χ0v) is 14.7. The van der Waals surface area contributed by atoms with Crippen molar-refractivity contribution >= 4 is 11.6 Å². The molecule has 5 heteroatoms. The Morgan fingerprint density at radius 2 is 1.79 bits per heavy atom. The highest BCUT2D eigenvalue weighted by molar-refractivity contribution is 6.32. The number of hydrogen-bond donors (Lipinski definition) is 3. The predicted molar refractivity (Wildman–Crippen MR) is 98.5 cm³/mol. The molecule has 0 aliphatic rings. The third-order valence-electron chi connectivity index (χ3n) is 3.48. The number of rotatable bonds is 10. The Bertz CT molecular complexity index is 606. The topological polar surface area (TPSA) is 53.5 Å². The van der Waals surface area contributed by atoms with E-state index in [0.717, 1.165) is 30.8 Å². The van der Waals surface area contributed by atoms with Crippen molar-refractivity contribution in [1.29, 1.82) is 0 Å². The number of ether oxygens (including phenoxy) is 1. The second-order valence-electron chi connectivity index (χ2n) is 5.77. The molecule has 0 aromatic heterocycles. The fourth-order valence-corrected chi connectivity index (χ4v) is 2.48. The molecule has 130 valence electrons. The van der Waals surface area contributed by atoms with Crippen LogP contribution >= 0.6 is 11.6 Å². The lowest BCUT2D eigenvalue weighted by molar-refractivity contribution is 0.191. The maximum Gasteiger partial charge on any atom is 0.138 e. The van der Waals surface area contributed by atoms with E-state index in [1.54, 1.807) is 6.92 Å². The van der Waals surface area contributed by atoms with Gasteiger partial charge in [0.1, 0.15) is 12.4 Å². The summed E-state index contributed by atoms with van der Waals surface area (Å²) in [4.78, 5) is 0. The lowest BCUT2D eigenvalue weighted by atomic mass is 10.2. The molecule has 0 saturated carbocycles. The molecule has 0 heterocycles. The number of benzene rings is 2. The monoisotopic (exact) mass is 348 g/mol. The molecule has 1 unspecified atom stereocenters. The zero-order valence-electron chi connectivity index (χ0n) is 14.0. The number of halogens is 1. The van der Waals surface area contributed by atoms with Crippen LogP contribution in [0.25, 0.3) is 0 Å². The van der Waals surface area contributed by atoms with Gasteiger partial charge in [-0.25, -0.2) is 0 Å². The van der Waals surface area contributed by atoms with Crippen LogP contribution in [-0.4, -0.2) is 30.8 Å². The molecule has 0 radical (unpaired) electrons. The second-order valence-corrected chi connectivity index (χ2v) is 6.18. The summed E-state index contributed by atoms with van der Waals surface area (Å²) in [6.45, 7) is 5.28. The molecular formula is C19H25ClN2O2. The van der Waals surface area contributed by atoms with E-state index in [1.165, 1.54) is 0 Å². The van der Waals surface area contributed by atoms with Crippen molar-refractivity contribution in [3.05, 3.63) is 64.7 Å². The molecule has 1 atom stereocenters. The van der Waals surface area contributed by atoms with Gasteiger partial charge in [0.2, 0.25) is 0 Å². The fourth-order valence-electron chi connectivity index (χ4n) is 2.23. The highest BCUT2D eigenvalue weighted by Crippen LogP contribution is 2.26. The minimum atomic E-state index is -0.313. The molecule has 2 aromatic carbocycles. The van der Waals surface area contributed by atoms with Crippen molar-refractivity contribution in [2.75, 3.05) is 19.6 Å². The first-order valence-corrected chi connectivity index (χ1v) is 8.57. The van der Waals surface area contributed by atoms with Gasteiger partial charge in [-0.2, -0.15) is 0 Å². The molecule has 0 spiro atoms. The SMILES string of the molecule is CC(O)CNCCNCc1ccc(OCc2ccccc2)c(Cl)c1. The van der Waals surface area contributed by atoms with E-state index in [1.807, 2.05) is 48.5 Å². The molecule has 0 fully saturated rings. The van der Waals surface area contributed by atoms with E-state index in [9.17, 15) is 0 Å². The Labute approximate surface area is 148 Å². The molecule has 2 aromatic rings. The average Bonchev–Trinajstić information content (AvgIpc) is 2.58. The van der Waals surface area contributed by atoms with Crippen LogP contribution in [0.2, 0.25) is 5.02 Å². The first-order chi connectivity index (χ1) is 11.6. The quantitative estimate of drug-likeness (QED) is 0.578. The van der Waals surface area contributed by atoms with Gasteiger partial charge in [0.25, 0.3) is 0 Å². The maximum absolute atomic E-state index is 9.15. The maximum atomic E-state index is 9.15. The van der Waals surface area contributed by atoms with Crippen LogP contribution < -0.4 is 15.4 Å². The van der Waals surface area contributed by atoms with Crippen LogP contribution in [-0.2, 0) is 13.2 Å². The second kappa shape index (κ2) is 10.3. The number of hydrogen-bond acceptors (Lipinski definition) is 4. The van der Waals surface area contributed by atoms with Crippen molar-refractivity contribution in [2.45, 2.75) is 26.2 Å². The molecular weight excluding hydrogens is 324 g/mol. The highest BCUT2D eigenvalue weighted by Gasteiger charge is 2.04. The summed E-state index contributed by atoms with van der Waals surface area (Å²) in [5.74, 6) is 0.697. The van der Waals surface area contributed by atoms with Gasteiger partial charge in [-0.1, -0.05) is 48.0 Å². The van der Waals surface area contributed by atoms with Gasteiger partial charge in [0, 0.05) is 26.2 Å². The molecule has 0 aliphatic carbocycles. The predicted octanol–water partition coefficient (Wildman–Crippen LogP) is 2.98. The van der Waals surface area contributed by atoms with Crippen LogP contribution in [0.3, 0.4) is 0 Å². The van der Waals surface area contributed by atoms with Gasteiger partial charge in [-0.05, 0) is 30.2 Å². The van der Waals surface area contributed by atoms with Crippen LogP contribution in [0.5, 0.6) is 5.75 Å². The molecule has 0 aliphatic heterocycles. The van der Waals surface area contributed by atoms with Gasteiger partial charge < -0.3 is 20.5 Å². The van der Waals surface area contributed by atoms with Gasteiger partial charge in [-0.15, -0.1) is 0 Å². The van der Waals surface area contributed by atoms with Crippen molar-refractivity contribution in [3.8, 4) is 5.75 Å². The van der Waals surface area contributed by atoms with Gasteiger partial charge in [-0.3, -0.25) is 0 Å². The van der Waals surface area contributed by atoms with E-state index in [0.29, 0.717) is 23.9 Å². The summed E-state index contributed by atoms with van der Waals surface area (Å²) in [5.41, 5.74) is 2.23. The minimum absolute atomic E-state index is 0.313. The van der Waals surface area contributed by atoms with Crippen LogP contribution in [0.15, 0.2) is 48.5 Å². The van der Waals surface area contributed by atoms with Crippen molar-refractivity contribution in [3.63, 3.8) is 0 Å². The van der Waals surface area contributed by atoms with E-state index in [4.69, 9.17) is 21.4 Å². The minimum Gasteiger partial charge on any atom is -0.487 e. The molecule has 3 N–H and O–H groups in total. The summed E-state index contributed by atoms with van der Waals surface area (Å²) < 4.78 is 5.77. The third-order valence-corrected chi connectivity index (χ3v) is 3.78. The zero-order chi connectivity index (χ0) is 17.2. The Morgan fingerprint density at radius 1 is 1.04 bits per heavy atom.